The van der Waals surface area contributed by atoms with Crippen LogP contribution in [0.5, 0.6) is 0 Å². The summed E-state index contributed by atoms with van der Waals surface area (Å²) in [5, 5.41) is 0. The molecule has 0 amide bonds. The Morgan fingerprint density at radius 2 is 1.17 bits per heavy atom. The summed E-state index contributed by atoms with van der Waals surface area (Å²) in [5.41, 5.74) is 8.89. The van der Waals surface area contributed by atoms with Crippen molar-refractivity contribution in [1.82, 2.24) is 0 Å². The second kappa shape index (κ2) is 4.40. The molecule has 98 valence electrons. The second-order valence-corrected chi connectivity index (χ2v) is 7.19. The minimum absolute atomic E-state index is 0.324. The summed E-state index contributed by atoms with van der Waals surface area (Å²) in [7, 11) is 0. The van der Waals surface area contributed by atoms with E-state index < -0.39 is 0 Å². The van der Waals surface area contributed by atoms with Gasteiger partial charge in [0.15, 0.2) is 0 Å². The lowest BCUT2D eigenvalue weighted by Crippen LogP contribution is -2.23. The molecule has 2 aliphatic carbocycles. The first-order chi connectivity index (χ1) is 8.57. The van der Waals surface area contributed by atoms with E-state index in [2.05, 4.69) is 26.8 Å². The van der Waals surface area contributed by atoms with Crippen molar-refractivity contribution in [2.75, 3.05) is 0 Å². The highest BCUT2D eigenvalue weighted by Crippen LogP contribution is 2.39. The lowest BCUT2D eigenvalue weighted by molar-refractivity contribution is 0.547. The monoisotopic (exact) mass is 242 g/mol. The number of fused-ring (bicyclic) bond motifs is 2. The molecular weight excluding hydrogens is 216 g/mol. The van der Waals surface area contributed by atoms with E-state index in [1.54, 1.807) is 27.8 Å². The van der Waals surface area contributed by atoms with E-state index in [0.717, 1.165) is 0 Å². The van der Waals surface area contributed by atoms with Crippen LogP contribution in [0.2, 0.25) is 0 Å². The van der Waals surface area contributed by atoms with Crippen molar-refractivity contribution in [3.05, 3.63) is 33.9 Å². The van der Waals surface area contributed by atoms with E-state index in [4.69, 9.17) is 0 Å². The maximum atomic E-state index is 2.57. The molecule has 0 radical (unpaired) electrons. The fourth-order valence-corrected chi connectivity index (χ4v) is 4.04. The van der Waals surface area contributed by atoms with Crippen LogP contribution in [0.1, 0.15) is 74.3 Å². The molecule has 18 heavy (non-hydrogen) atoms. The van der Waals surface area contributed by atoms with Gasteiger partial charge >= 0.3 is 0 Å². The molecule has 0 saturated carbocycles. The summed E-state index contributed by atoms with van der Waals surface area (Å²) in [6, 6.07) is 2.57. The Kier molecular flexibility index (Phi) is 3.00. The molecule has 0 N–H and O–H groups in total. The average Bonchev–Trinajstić information content (AvgIpc) is 2.34. The minimum Gasteiger partial charge on any atom is -0.0561 e. The fourth-order valence-electron chi connectivity index (χ4n) is 4.04. The van der Waals surface area contributed by atoms with Gasteiger partial charge in [0.2, 0.25) is 0 Å². The van der Waals surface area contributed by atoms with Gasteiger partial charge in [-0.05, 0) is 84.6 Å². The van der Waals surface area contributed by atoms with Crippen LogP contribution in [0.4, 0.5) is 0 Å². The van der Waals surface area contributed by atoms with Crippen molar-refractivity contribution in [3.8, 4) is 0 Å². The van der Waals surface area contributed by atoms with Crippen LogP contribution in [0, 0.1) is 0 Å². The molecule has 0 spiro atoms. The molecule has 3 rings (SSSR count). The summed E-state index contributed by atoms with van der Waals surface area (Å²) in [6.45, 7) is 7.23. The molecular formula is C18H26. The Labute approximate surface area is 112 Å². The first-order valence-electron chi connectivity index (χ1n) is 7.74. The van der Waals surface area contributed by atoms with Gasteiger partial charge in [-0.15, -0.1) is 0 Å². The highest BCUT2D eigenvalue weighted by atomic mass is 14.3. The van der Waals surface area contributed by atoms with E-state index in [-0.39, 0.29) is 0 Å². The molecule has 1 aromatic rings. The Morgan fingerprint density at radius 3 is 1.61 bits per heavy atom. The average molecular weight is 242 g/mol. The van der Waals surface area contributed by atoms with Crippen molar-refractivity contribution in [1.29, 1.82) is 0 Å². The third-order valence-electron chi connectivity index (χ3n) is 4.72. The molecule has 0 nitrogen and oxygen atoms in total. The molecule has 0 fully saturated rings. The lowest BCUT2D eigenvalue weighted by atomic mass is 9.71. The number of benzene rings is 1. The Bertz CT molecular complexity index is 426. The van der Waals surface area contributed by atoms with E-state index in [0.29, 0.717) is 5.41 Å². The van der Waals surface area contributed by atoms with Crippen molar-refractivity contribution < 1.29 is 0 Å². The zero-order valence-electron chi connectivity index (χ0n) is 12.2. The zero-order valence-corrected chi connectivity index (χ0v) is 12.2. The molecule has 0 aromatic heterocycles. The van der Waals surface area contributed by atoms with Crippen LogP contribution in [-0.4, -0.2) is 0 Å². The quantitative estimate of drug-likeness (QED) is 0.616. The van der Waals surface area contributed by atoms with E-state index in [1.165, 1.54) is 51.4 Å². The highest BCUT2D eigenvalue weighted by Gasteiger charge is 2.28. The van der Waals surface area contributed by atoms with Gasteiger partial charge in [0.05, 0.1) is 0 Å². The van der Waals surface area contributed by atoms with Crippen molar-refractivity contribution in [2.45, 2.75) is 77.6 Å². The van der Waals surface area contributed by atoms with Gasteiger partial charge in [-0.2, -0.15) is 0 Å². The Balaban J connectivity index is 2.24. The van der Waals surface area contributed by atoms with Gasteiger partial charge in [0, 0.05) is 0 Å². The molecule has 0 heterocycles. The van der Waals surface area contributed by atoms with Gasteiger partial charge in [-0.1, -0.05) is 26.8 Å². The van der Waals surface area contributed by atoms with Gasteiger partial charge in [-0.3, -0.25) is 0 Å². The molecule has 0 unspecified atom stereocenters. The molecule has 0 heteroatoms. The predicted octanol–water partition coefficient (Wildman–Crippen LogP) is 4.74. The van der Waals surface area contributed by atoms with Crippen LogP contribution in [0.25, 0.3) is 0 Å². The Morgan fingerprint density at radius 1 is 0.722 bits per heavy atom. The van der Waals surface area contributed by atoms with Gasteiger partial charge in [-0.25, -0.2) is 0 Å². The van der Waals surface area contributed by atoms with Crippen molar-refractivity contribution in [3.63, 3.8) is 0 Å². The molecule has 0 bridgehead atoms. The second-order valence-electron chi connectivity index (χ2n) is 7.19. The SMILES string of the molecule is CC(C)(C)c1c2c(cc3c1CCCC3)CCCC2. The largest absolute Gasteiger partial charge is 0.0561 e. The van der Waals surface area contributed by atoms with Crippen molar-refractivity contribution >= 4 is 0 Å². The maximum absolute atomic E-state index is 2.57. The first-order valence-corrected chi connectivity index (χ1v) is 7.74. The van der Waals surface area contributed by atoms with Crippen LogP contribution in [0.15, 0.2) is 6.07 Å². The molecule has 0 atom stereocenters. The lowest BCUT2D eigenvalue weighted by Gasteiger charge is -2.34. The number of hydrogen-bond acceptors (Lipinski definition) is 0. The topological polar surface area (TPSA) is 0 Å². The third kappa shape index (κ3) is 2.00. The van der Waals surface area contributed by atoms with Crippen LogP contribution < -0.4 is 0 Å². The van der Waals surface area contributed by atoms with Crippen LogP contribution in [0.3, 0.4) is 0 Å². The molecule has 2 aliphatic rings. The van der Waals surface area contributed by atoms with Crippen LogP contribution in [-0.2, 0) is 31.1 Å². The smallest absolute Gasteiger partial charge is 0.0126 e. The van der Waals surface area contributed by atoms with Gasteiger partial charge < -0.3 is 0 Å². The van der Waals surface area contributed by atoms with E-state index in [9.17, 15) is 0 Å². The van der Waals surface area contributed by atoms with E-state index >= 15 is 0 Å². The number of hydrogen-bond donors (Lipinski definition) is 0. The standard InChI is InChI=1S/C18H26/c1-18(2,3)17-15-10-6-4-8-13(15)12-14-9-5-7-11-16(14)17/h12H,4-11H2,1-3H3. The van der Waals surface area contributed by atoms with Crippen LogP contribution >= 0.6 is 0 Å². The molecule has 1 aromatic carbocycles. The van der Waals surface area contributed by atoms with Gasteiger partial charge in [0.1, 0.15) is 0 Å². The maximum Gasteiger partial charge on any atom is -0.0126 e. The summed E-state index contributed by atoms with van der Waals surface area (Å²) in [4.78, 5) is 0. The third-order valence-corrected chi connectivity index (χ3v) is 4.72. The minimum atomic E-state index is 0.324. The van der Waals surface area contributed by atoms with Gasteiger partial charge in [0.25, 0.3) is 0 Å². The normalized spacial score (nSPS) is 19.3. The fraction of sp³-hybridized carbons (Fsp3) is 0.667. The Hall–Kier alpha value is -0.780. The van der Waals surface area contributed by atoms with Crippen molar-refractivity contribution in [2.24, 2.45) is 0 Å². The molecule has 0 aliphatic heterocycles. The number of aryl methyl sites for hydroxylation is 2. The number of rotatable bonds is 0. The summed E-state index contributed by atoms with van der Waals surface area (Å²) in [6.07, 6.45) is 10.9. The molecule has 0 saturated heterocycles. The summed E-state index contributed by atoms with van der Waals surface area (Å²) >= 11 is 0. The first kappa shape index (κ1) is 12.3. The van der Waals surface area contributed by atoms with E-state index in [1.807, 2.05) is 0 Å². The highest BCUT2D eigenvalue weighted by molar-refractivity contribution is 5.51. The summed E-state index contributed by atoms with van der Waals surface area (Å²) < 4.78 is 0. The summed E-state index contributed by atoms with van der Waals surface area (Å²) in [5.74, 6) is 0. The zero-order chi connectivity index (χ0) is 12.8. The predicted molar refractivity (Wildman–Crippen MR) is 78.4 cm³/mol.